The summed E-state index contributed by atoms with van der Waals surface area (Å²) in [5, 5.41) is 0. The normalized spacial score (nSPS) is 27.5. The Balaban J connectivity index is 1.08. The molecule has 66 heavy (non-hydrogen) atoms. The fourth-order valence-corrected chi connectivity index (χ4v) is 8.62. The van der Waals surface area contributed by atoms with Gasteiger partial charge in [0.05, 0.1) is 46.2 Å². The van der Waals surface area contributed by atoms with Crippen LogP contribution in [0.3, 0.4) is 0 Å². The molecule has 9 rings (SSSR count). The van der Waals surface area contributed by atoms with E-state index in [1.807, 2.05) is 182 Å². The molecule has 3 aliphatic rings. The molecule has 0 amide bonds. The number of methoxy groups -OCH3 is 1. The maximum absolute atomic E-state index is 7.36. The Morgan fingerprint density at radius 3 is 1.33 bits per heavy atom. The fraction of sp³-hybridized carbons (Fsp3) is 0.345. The summed E-state index contributed by atoms with van der Waals surface area (Å²) in [5.74, 6) is 0. The summed E-state index contributed by atoms with van der Waals surface area (Å²) in [6.45, 7) is 1.80. The molecule has 11 nitrogen and oxygen atoms in total. The highest BCUT2D eigenvalue weighted by Gasteiger charge is 2.56. The van der Waals surface area contributed by atoms with Crippen molar-refractivity contribution < 1.29 is 52.1 Å². The van der Waals surface area contributed by atoms with Gasteiger partial charge in [-0.2, -0.15) is 0 Å². The van der Waals surface area contributed by atoms with E-state index in [0.717, 1.165) is 33.4 Å². The Morgan fingerprint density at radius 1 is 0.424 bits per heavy atom. The monoisotopic (exact) mass is 894 g/mol. The molecule has 11 atom stereocenters. The number of fused-ring (bicyclic) bond motifs is 1. The van der Waals surface area contributed by atoms with E-state index in [-0.39, 0.29) is 33.0 Å². The number of hydrogen-bond donors (Lipinski definition) is 0. The van der Waals surface area contributed by atoms with Gasteiger partial charge in [0.15, 0.2) is 18.9 Å². The third-order valence-electron chi connectivity index (χ3n) is 12.0. The van der Waals surface area contributed by atoms with E-state index in [1.54, 1.807) is 7.11 Å². The number of benzene rings is 6. The molecule has 0 bridgehead atoms. The molecule has 3 heterocycles. The van der Waals surface area contributed by atoms with Crippen molar-refractivity contribution in [2.75, 3.05) is 20.3 Å². The van der Waals surface area contributed by atoms with Gasteiger partial charge in [-0.3, -0.25) is 0 Å². The lowest BCUT2D eigenvalue weighted by atomic mass is 9.95. The van der Waals surface area contributed by atoms with Crippen LogP contribution in [0, 0.1) is 0 Å². The molecule has 11 unspecified atom stereocenters. The molecule has 0 radical (unpaired) electrons. The molecule has 0 N–H and O–H groups in total. The Hall–Kier alpha value is -5.12. The van der Waals surface area contributed by atoms with Gasteiger partial charge in [0.2, 0.25) is 0 Å². The highest BCUT2D eigenvalue weighted by molar-refractivity contribution is 5.19. The van der Waals surface area contributed by atoms with Crippen molar-refractivity contribution in [2.45, 2.75) is 101 Å². The summed E-state index contributed by atoms with van der Waals surface area (Å²) in [6, 6.07) is 60.0. The fourth-order valence-electron chi connectivity index (χ4n) is 8.62. The SMILES string of the molecule is COC1OC(COCc2ccccc2)C(OC2OC3COC(c4ccccc4)OC3C(OCc3ccccc3)C2OCc2ccccc2)C(OCc2ccccc2)C1OCc1ccccc1. The van der Waals surface area contributed by atoms with Crippen LogP contribution >= 0.6 is 0 Å². The lowest BCUT2D eigenvalue weighted by Crippen LogP contribution is -2.67. The second-order valence-electron chi connectivity index (χ2n) is 16.6. The van der Waals surface area contributed by atoms with Gasteiger partial charge in [-0.15, -0.1) is 0 Å². The van der Waals surface area contributed by atoms with Gasteiger partial charge >= 0.3 is 0 Å². The predicted octanol–water partition coefficient (Wildman–Crippen LogP) is 9.14. The first kappa shape index (κ1) is 46.0. The first-order valence-corrected chi connectivity index (χ1v) is 22.7. The van der Waals surface area contributed by atoms with Crippen LogP contribution in [0.25, 0.3) is 0 Å². The zero-order valence-electron chi connectivity index (χ0n) is 37.1. The minimum atomic E-state index is -1.03. The van der Waals surface area contributed by atoms with E-state index < -0.39 is 67.7 Å². The number of rotatable bonds is 20. The third kappa shape index (κ3) is 12.1. The minimum Gasteiger partial charge on any atom is -0.374 e. The van der Waals surface area contributed by atoms with Crippen molar-refractivity contribution >= 4 is 0 Å². The van der Waals surface area contributed by atoms with Gasteiger partial charge in [0.25, 0.3) is 0 Å². The summed E-state index contributed by atoms with van der Waals surface area (Å²) >= 11 is 0. The molecule has 6 aromatic carbocycles. The lowest BCUT2D eigenvalue weighted by Gasteiger charge is -2.51. The Kier molecular flexibility index (Phi) is 16.4. The van der Waals surface area contributed by atoms with E-state index in [4.69, 9.17) is 52.1 Å². The van der Waals surface area contributed by atoms with Crippen molar-refractivity contribution in [2.24, 2.45) is 0 Å². The lowest BCUT2D eigenvalue weighted by molar-refractivity contribution is -0.397. The van der Waals surface area contributed by atoms with E-state index >= 15 is 0 Å². The highest BCUT2D eigenvalue weighted by Crippen LogP contribution is 2.40. The standard InChI is InChI=1S/C55H58O11/c1-56-54-51(60-35-42-26-14-5-15-27-42)49(58-33-40-22-10-3-11-23-40)47(45(63-54)37-57-32-39-20-8-2-9-21-39)66-55-52(61-36-43-28-16-6-17-29-43)50(59-34-41-24-12-4-13-25-41)48-46(64-55)38-62-53(65-48)44-30-18-7-19-31-44/h2-31,45-55H,32-38H2,1H3. The molecule has 3 aliphatic heterocycles. The van der Waals surface area contributed by atoms with Crippen LogP contribution in [0.15, 0.2) is 182 Å². The Morgan fingerprint density at radius 2 is 0.848 bits per heavy atom. The first-order valence-electron chi connectivity index (χ1n) is 22.7. The summed E-state index contributed by atoms with van der Waals surface area (Å²) in [7, 11) is 1.61. The molecule has 0 spiro atoms. The van der Waals surface area contributed by atoms with Gasteiger partial charge in [0, 0.05) is 12.7 Å². The second-order valence-corrected chi connectivity index (χ2v) is 16.6. The van der Waals surface area contributed by atoms with E-state index in [1.165, 1.54) is 0 Å². The van der Waals surface area contributed by atoms with Gasteiger partial charge in [-0.25, -0.2) is 0 Å². The molecule has 0 aromatic heterocycles. The van der Waals surface area contributed by atoms with Gasteiger partial charge in [0.1, 0.15) is 48.8 Å². The minimum absolute atomic E-state index is 0.142. The van der Waals surface area contributed by atoms with Crippen molar-refractivity contribution in [3.63, 3.8) is 0 Å². The summed E-state index contributed by atoms with van der Waals surface area (Å²) in [5.41, 5.74) is 5.86. The van der Waals surface area contributed by atoms with Gasteiger partial charge < -0.3 is 52.1 Å². The molecule has 344 valence electrons. The molecule has 3 saturated heterocycles. The Labute approximate surface area is 387 Å². The van der Waals surface area contributed by atoms with Crippen LogP contribution in [0.2, 0.25) is 0 Å². The van der Waals surface area contributed by atoms with Crippen LogP contribution in [-0.4, -0.2) is 81.7 Å². The molecular formula is C55H58O11. The smallest absolute Gasteiger partial charge is 0.187 e. The Bertz CT molecular complexity index is 2280. The number of ether oxygens (including phenoxy) is 11. The zero-order valence-corrected chi connectivity index (χ0v) is 37.1. The third-order valence-corrected chi connectivity index (χ3v) is 12.0. The highest BCUT2D eigenvalue weighted by atomic mass is 16.8. The van der Waals surface area contributed by atoms with E-state index in [0.29, 0.717) is 13.2 Å². The van der Waals surface area contributed by atoms with Crippen molar-refractivity contribution in [3.05, 3.63) is 215 Å². The van der Waals surface area contributed by atoms with Crippen molar-refractivity contribution in [1.29, 1.82) is 0 Å². The van der Waals surface area contributed by atoms with Crippen molar-refractivity contribution in [1.82, 2.24) is 0 Å². The summed E-state index contributed by atoms with van der Waals surface area (Å²) in [4.78, 5) is 0. The van der Waals surface area contributed by atoms with Crippen LogP contribution in [0.5, 0.6) is 0 Å². The zero-order chi connectivity index (χ0) is 44.8. The average Bonchev–Trinajstić information content (AvgIpc) is 3.38. The molecule has 0 saturated carbocycles. The molecule has 11 heteroatoms. The van der Waals surface area contributed by atoms with Gasteiger partial charge in [-0.1, -0.05) is 182 Å². The summed E-state index contributed by atoms with van der Waals surface area (Å²) in [6.07, 6.45) is -8.22. The largest absolute Gasteiger partial charge is 0.374 e. The van der Waals surface area contributed by atoms with E-state index in [9.17, 15) is 0 Å². The summed E-state index contributed by atoms with van der Waals surface area (Å²) < 4.78 is 74.6. The molecule has 0 aliphatic carbocycles. The van der Waals surface area contributed by atoms with Crippen LogP contribution in [0.1, 0.15) is 39.7 Å². The quantitative estimate of drug-likeness (QED) is 0.0734. The van der Waals surface area contributed by atoms with Crippen LogP contribution in [-0.2, 0) is 85.1 Å². The predicted molar refractivity (Wildman–Crippen MR) is 245 cm³/mol. The maximum Gasteiger partial charge on any atom is 0.187 e. The topological polar surface area (TPSA) is 102 Å². The van der Waals surface area contributed by atoms with Crippen molar-refractivity contribution in [3.8, 4) is 0 Å². The van der Waals surface area contributed by atoms with E-state index in [2.05, 4.69) is 0 Å². The first-order chi connectivity index (χ1) is 32.7. The molecule has 6 aromatic rings. The molecular weight excluding hydrogens is 837 g/mol. The van der Waals surface area contributed by atoms with Crippen LogP contribution in [0.4, 0.5) is 0 Å². The maximum atomic E-state index is 7.36. The second kappa shape index (κ2) is 23.6. The van der Waals surface area contributed by atoms with Gasteiger partial charge in [-0.05, 0) is 27.8 Å². The van der Waals surface area contributed by atoms with Crippen LogP contribution < -0.4 is 0 Å². The molecule has 3 fully saturated rings. The number of hydrogen-bond acceptors (Lipinski definition) is 11. The average molecular weight is 895 g/mol.